The molecule has 2 heteroatoms. The molecule has 1 N–H and O–H groups in total. The van der Waals surface area contributed by atoms with Crippen LogP contribution in [0.4, 0.5) is 0 Å². The standard InChI is InChI=1S/C12H27NO/c1-5-8-13-12(6-2)10-14-9-7-11(3)4/h11-13H,5-10H2,1-4H3. The number of hydrogen-bond acceptors (Lipinski definition) is 2. The van der Waals surface area contributed by atoms with Gasteiger partial charge in [0, 0.05) is 12.6 Å². The van der Waals surface area contributed by atoms with Crippen molar-refractivity contribution in [3.05, 3.63) is 0 Å². The second-order valence-electron chi connectivity index (χ2n) is 4.32. The molecule has 0 heterocycles. The van der Waals surface area contributed by atoms with Crippen LogP contribution in [-0.4, -0.2) is 25.8 Å². The highest BCUT2D eigenvalue weighted by atomic mass is 16.5. The summed E-state index contributed by atoms with van der Waals surface area (Å²) < 4.78 is 5.63. The molecule has 0 aromatic rings. The van der Waals surface area contributed by atoms with E-state index < -0.39 is 0 Å². The van der Waals surface area contributed by atoms with E-state index in [0.717, 1.165) is 32.1 Å². The summed E-state index contributed by atoms with van der Waals surface area (Å²) in [6.07, 6.45) is 3.52. The van der Waals surface area contributed by atoms with Gasteiger partial charge in [-0.05, 0) is 31.7 Å². The molecule has 0 aliphatic rings. The maximum atomic E-state index is 5.63. The number of rotatable bonds is 9. The molecule has 0 bridgehead atoms. The van der Waals surface area contributed by atoms with Crippen molar-refractivity contribution in [3.8, 4) is 0 Å². The Balaban J connectivity index is 3.33. The van der Waals surface area contributed by atoms with Crippen molar-refractivity contribution < 1.29 is 4.74 Å². The number of ether oxygens (including phenoxy) is 1. The summed E-state index contributed by atoms with van der Waals surface area (Å²) in [6.45, 7) is 11.7. The molecule has 0 rings (SSSR count). The molecule has 0 aromatic carbocycles. The molecular formula is C12H27NO. The Morgan fingerprint density at radius 2 is 1.93 bits per heavy atom. The minimum absolute atomic E-state index is 0.544. The van der Waals surface area contributed by atoms with Gasteiger partial charge in [0.25, 0.3) is 0 Å². The molecule has 2 nitrogen and oxygen atoms in total. The quantitative estimate of drug-likeness (QED) is 0.579. The van der Waals surface area contributed by atoms with Gasteiger partial charge in [0.1, 0.15) is 0 Å². The summed E-state index contributed by atoms with van der Waals surface area (Å²) in [7, 11) is 0. The van der Waals surface area contributed by atoms with E-state index in [1.165, 1.54) is 12.8 Å². The zero-order valence-electron chi connectivity index (χ0n) is 10.3. The minimum Gasteiger partial charge on any atom is -0.380 e. The Bertz CT molecular complexity index is 115. The Morgan fingerprint density at radius 3 is 2.43 bits per heavy atom. The van der Waals surface area contributed by atoms with Gasteiger partial charge in [-0.2, -0.15) is 0 Å². The van der Waals surface area contributed by atoms with Crippen LogP contribution in [0.25, 0.3) is 0 Å². The Morgan fingerprint density at radius 1 is 1.21 bits per heavy atom. The van der Waals surface area contributed by atoms with Crippen LogP contribution in [-0.2, 0) is 4.74 Å². The van der Waals surface area contributed by atoms with E-state index in [1.54, 1.807) is 0 Å². The molecule has 14 heavy (non-hydrogen) atoms. The van der Waals surface area contributed by atoms with E-state index in [4.69, 9.17) is 4.74 Å². The van der Waals surface area contributed by atoms with E-state index >= 15 is 0 Å². The third-order valence-corrected chi connectivity index (χ3v) is 2.33. The van der Waals surface area contributed by atoms with Crippen LogP contribution >= 0.6 is 0 Å². The topological polar surface area (TPSA) is 21.3 Å². The predicted octanol–water partition coefficient (Wildman–Crippen LogP) is 2.83. The number of hydrogen-bond donors (Lipinski definition) is 1. The van der Waals surface area contributed by atoms with E-state index in [2.05, 4.69) is 33.0 Å². The largest absolute Gasteiger partial charge is 0.380 e. The van der Waals surface area contributed by atoms with Crippen LogP contribution in [0.15, 0.2) is 0 Å². The lowest BCUT2D eigenvalue weighted by Crippen LogP contribution is -2.33. The van der Waals surface area contributed by atoms with E-state index in [0.29, 0.717) is 6.04 Å². The lowest BCUT2D eigenvalue weighted by atomic mass is 10.1. The normalized spacial score (nSPS) is 13.5. The molecule has 0 saturated heterocycles. The summed E-state index contributed by atoms with van der Waals surface area (Å²) in [4.78, 5) is 0. The van der Waals surface area contributed by atoms with Crippen LogP contribution in [0.3, 0.4) is 0 Å². The first kappa shape index (κ1) is 13.9. The van der Waals surface area contributed by atoms with Gasteiger partial charge in [0.15, 0.2) is 0 Å². The van der Waals surface area contributed by atoms with Crippen molar-refractivity contribution in [3.63, 3.8) is 0 Å². The average Bonchev–Trinajstić information content (AvgIpc) is 2.16. The predicted molar refractivity (Wildman–Crippen MR) is 62.6 cm³/mol. The van der Waals surface area contributed by atoms with Crippen molar-refractivity contribution in [1.29, 1.82) is 0 Å². The molecule has 86 valence electrons. The smallest absolute Gasteiger partial charge is 0.0619 e. The highest BCUT2D eigenvalue weighted by Crippen LogP contribution is 2.00. The fraction of sp³-hybridized carbons (Fsp3) is 1.00. The van der Waals surface area contributed by atoms with E-state index in [-0.39, 0.29) is 0 Å². The van der Waals surface area contributed by atoms with Crippen LogP contribution in [0.2, 0.25) is 0 Å². The highest BCUT2D eigenvalue weighted by molar-refractivity contribution is 4.62. The molecular weight excluding hydrogens is 174 g/mol. The van der Waals surface area contributed by atoms with Gasteiger partial charge in [-0.15, -0.1) is 0 Å². The summed E-state index contributed by atoms with van der Waals surface area (Å²) in [5, 5.41) is 3.48. The van der Waals surface area contributed by atoms with Crippen molar-refractivity contribution >= 4 is 0 Å². The third-order valence-electron chi connectivity index (χ3n) is 2.33. The SMILES string of the molecule is CCCNC(CC)COCCC(C)C. The fourth-order valence-electron chi connectivity index (χ4n) is 1.21. The highest BCUT2D eigenvalue weighted by Gasteiger charge is 2.04. The number of nitrogens with one attached hydrogen (secondary N) is 1. The monoisotopic (exact) mass is 201 g/mol. The van der Waals surface area contributed by atoms with E-state index in [9.17, 15) is 0 Å². The maximum absolute atomic E-state index is 5.63. The van der Waals surface area contributed by atoms with E-state index in [1.807, 2.05) is 0 Å². The Hall–Kier alpha value is -0.0800. The summed E-state index contributed by atoms with van der Waals surface area (Å²) in [5.41, 5.74) is 0. The molecule has 0 aliphatic carbocycles. The first-order valence-electron chi connectivity index (χ1n) is 6.01. The van der Waals surface area contributed by atoms with Gasteiger partial charge >= 0.3 is 0 Å². The Kier molecular flexibility index (Phi) is 9.42. The second-order valence-corrected chi connectivity index (χ2v) is 4.32. The first-order chi connectivity index (χ1) is 6.70. The molecule has 0 fully saturated rings. The molecule has 0 amide bonds. The molecule has 0 aromatic heterocycles. The lowest BCUT2D eigenvalue weighted by Gasteiger charge is -2.16. The molecule has 0 saturated carbocycles. The Labute approximate surface area is 89.4 Å². The van der Waals surface area contributed by atoms with Crippen molar-refractivity contribution in [2.75, 3.05) is 19.8 Å². The van der Waals surface area contributed by atoms with Crippen molar-refractivity contribution in [1.82, 2.24) is 5.32 Å². The van der Waals surface area contributed by atoms with Gasteiger partial charge in [0.05, 0.1) is 6.61 Å². The molecule has 1 atom stereocenters. The molecule has 0 radical (unpaired) electrons. The minimum atomic E-state index is 0.544. The van der Waals surface area contributed by atoms with Crippen LogP contribution in [0, 0.1) is 5.92 Å². The average molecular weight is 201 g/mol. The lowest BCUT2D eigenvalue weighted by molar-refractivity contribution is 0.101. The summed E-state index contributed by atoms with van der Waals surface area (Å²) in [6, 6.07) is 0.544. The van der Waals surface area contributed by atoms with Crippen LogP contribution in [0.5, 0.6) is 0 Å². The maximum Gasteiger partial charge on any atom is 0.0619 e. The zero-order valence-corrected chi connectivity index (χ0v) is 10.3. The van der Waals surface area contributed by atoms with Crippen LogP contribution in [0.1, 0.15) is 47.0 Å². The zero-order chi connectivity index (χ0) is 10.8. The van der Waals surface area contributed by atoms with Crippen LogP contribution < -0.4 is 5.32 Å². The molecule has 0 spiro atoms. The second kappa shape index (κ2) is 9.47. The van der Waals surface area contributed by atoms with Gasteiger partial charge in [-0.25, -0.2) is 0 Å². The van der Waals surface area contributed by atoms with Gasteiger partial charge in [-0.1, -0.05) is 27.7 Å². The first-order valence-corrected chi connectivity index (χ1v) is 6.01. The molecule has 1 unspecified atom stereocenters. The summed E-state index contributed by atoms with van der Waals surface area (Å²) >= 11 is 0. The fourth-order valence-corrected chi connectivity index (χ4v) is 1.21. The molecule has 0 aliphatic heterocycles. The van der Waals surface area contributed by atoms with Gasteiger partial charge in [0.2, 0.25) is 0 Å². The van der Waals surface area contributed by atoms with Crippen molar-refractivity contribution in [2.45, 2.75) is 53.0 Å². The van der Waals surface area contributed by atoms with Crippen molar-refractivity contribution in [2.24, 2.45) is 5.92 Å². The third kappa shape index (κ3) is 8.52. The summed E-state index contributed by atoms with van der Waals surface area (Å²) in [5.74, 6) is 0.749. The van der Waals surface area contributed by atoms with Gasteiger partial charge in [-0.3, -0.25) is 0 Å². The van der Waals surface area contributed by atoms with Gasteiger partial charge < -0.3 is 10.1 Å².